The second-order valence-corrected chi connectivity index (χ2v) is 4.95. The molecule has 1 aliphatic carbocycles. The third-order valence-corrected chi connectivity index (χ3v) is 3.60. The van der Waals surface area contributed by atoms with E-state index in [1.807, 2.05) is 17.1 Å². The Hall–Kier alpha value is -1.71. The number of hydrogen-bond donors (Lipinski definition) is 1. The lowest BCUT2D eigenvalue weighted by molar-refractivity contribution is -0.126. The Bertz CT molecular complexity index is 429. The van der Waals surface area contributed by atoms with Crippen LogP contribution in [-0.2, 0) is 9.53 Å². The largest absolute Gasteiger partial charge is 0.508 e. The van der Waals surface area contributed by atoms with Gasteiger partial charge in [0.05, 0.1) is 7.11 Å². The van der Waals surface area contributed by atoms with Crippen LogP contribution in [0.15, 0.2) is 35.3 Å². The van der Waals surface area contributed by atoms with Gasteiger partial charge in [0, 0.05) is 32.0 Å². The van der Waals surface area contributed by atoms with Crippen LogP contribution in [0.25, 0.3) is 0 Å². The molecule has 0 radical (unpaired) electrons. The summed E-state index contributed by atoms with van der Waals surface area (Å²) in [5.41, 5.74) is 1.01. The fourth-order valence-electron chi connectivity index (χ4n) is 2.42. The molecule has 0 unspecified atom stereocenters. The molecule has 2 aliphatic rings. The first-order chi connectivity index (χ1) is 9.20. The molecule has 0 bridgehead atoms. The average molecular weight is 263 g/mol. The van der Waals surface area contributed by atoms with Crippen LogP contribution < -0.4 is 0 Å². The van der Waals surface area contributed by atoms with Gasteiger partial charge < -0.3 is 14.7 Å². The Morgan fingerprint density at radius 1 is 1.37 bits per heavy atom. The minimum atomic E-state index is 0.0818. The van der Waals surface area contributed by atoms with E-state index in [1.54, 1.807) is 13.2 Å². The van der Waals surface area contributed by atoms with E-state index in [1.165, 1.54) is 6.42 Å². The van der Waals surface area contributed by atoms with E-state index in [-0.39, 0.29) is 11.7 Å². The maximum Gasteiger partial charge on any atom is 0.246 e. The van der Waals surface area contributed by atoms with Crippen LogP contribution >= 0.6 is 0 Å². The van der Waals surface area contributed by atoms with Gasteiger partial charge in [-0.25, -0.2) is 0 Å². The zero-order valence-corrected chi connectivity index (χ0v) is 11.4. The highest BCUT2D eigenvalue weighted by atomic mass is 16.5. The maximum atomic E-state index is 12.0. The van der Waals surface area contributed by atoms with Crippen molar-refractivity contribution in [2.45, 2.75) is 32.1 Å². The maximum absolute atomic E-state index is 12.0. The predicted octanol–water partition coefficient (Wildman–Crippen LogP) is 2.69. The molecule has 1 aliphatic heterocycles. The van der Waals surface area contributed by atoms with Crippen LogP contribution in [0.1, 0.15) is 32.1 Å². The molecule has 0 saturated carbocycles. The Balaban J connectivity index is 1.90. The monoisotopic (exact) mass is 263 g/mol. The van der Waals surface area contributed by atoms with Crippen molar-refractivity contribution in [3.63, 3.8) is 0 Å². The Kier molecular flexibility index (Phi) is 4.66. The highest BCUT2D eigenvalue weighted by Crippen LogP contribution is 2.24. The number of rotatable bonds is 3. The van der Waals surface area contributed by atoms with Gasteiger partial charge in [0.1, 0.15) is 11.5 Å². The highest BCUT2D eigenvalue weighted by Gasteiger charge is 2.15. The first-order valence-electron chi connectivity index (χ1n) is 6.81. The van der Waals surface area contributed by atoms with E-state index in [9.17, 15) is 9.90 Å². The zero-order valence-electron chi connectivity index (χ0n) is 11.4. The van der Waals surface area contributed by atoms with Gasteiger partial charge in [-0.2, -0.15) is 0 Å². The van der Waals surface area contributed by atoms with Crippen molar-refractivity contribution in [1.29, 1.82) is 0 Å². The lowest BCUT2D eigenvalue weighted by Gasteiger charge is -2.25. The SMILES string of the molecule is COC1=C(O)CC=C(C=CC(=O)N2CCCCC2)C1. The van der Waals surface area contributed by atoms with Crippen molar-refractivity contribution in [2.24, 2.45) is 0 Å². The summed E-state index contributed by atoms with van der Waals surface area (Å²) in [7, 11) is 1.55. The van der Waals surface area contributed by atoms with Gasteiger partial charge in [-0.15, -0.1) is 0 Å². The van der Waals surface area contributed by atoms with Gasteiger partial charge in [0.15, 0.2) is 0 Å². The van der Waals surface area contributed by atoms with Crippen molar-refractivity contribution in [2.75, 3.05) is 20.2 Å². The molecule has 4 heteroatoms. The standard InChI is InChI=1S/C15H21NO3/c1-19-14-11-12(5-7-13(14)17)6-8-15(18)16-9-3-2-4-10-16/h5-6,8,17H,2-4,7,9-11H2,1H3. The molecule has 1 N–H and O–H groups in total. The van der Waals surface area contributed by atoms with E-state index in [2.05, 4.69) is 0 Å². The molecule has 1 amide bonds. The number of aliphatic hydroxyl groups is 1. The van der Waals surface area contributed by atoms with Crippen molar-refractivity contribution in [3.05, 3.63) is 35.3 Å². The van der Waals surface area contributed by atoms with Crippen LogP contribution in [0.2, 0.25) is 0 Å². The molecule has 1 heterocycles. The number of carbonyl (C=O) groups excluding carboxylic acids is 1. The summed E-state index contributed by atoms with van der Waals surface area (Å²) in [5, 5.41) is 9.58. The number of piperidine rings is 1. The van der Waals surface area contributed by atoms with E-state index < -0.39 is 0 Å². The Labute approximate surface area is 114 Å². The van der Waals surface area contributed by atoms with Crippen LogP contribution in [0.4, 0.5) is 0 Å². The van der Waals surface area contributed by atoms with Crippen LogP contribution in [0, 0.1) is 0 Å². The number of carbonyl (C=O) groups is 1. The molecule has 0 aromatic carbocycles. The summed E-state index contributed by atoms with van der Waals surface area (Å²) in [6, 6.07) is 0. The van der Waals surface area contributed by atoms with Crippen LogP contribution in [0.5, 0.6) is 0 Å². The number of nitrogens with zero attached hydrogens (tertiary/aromatic N) is 1. The number of methoxy groups -OCH3 is 1. The molecule has 19 heavy (non-hydrogen) atoms. The summed E-state index contributed by atoms with van der Waals surface area (Å²) >= 11 is 0. The van der Waals surface area contributed by atoms with Crippen molar-refractivity contribution in [1.82, 2.24) is 4.90 Å². The fourth-order valence-corrected chi connectivity index (χ4v) is 2.42. The number of likely N-dealkylation sites (tertiary alicyclic amines) is 1. The molecular formula is C15H21NO3. The molecule has 0 atom stereocenters. The van der Waals surface area contributed by atoms with Crippen LogP contribution in [-0.4, -0.2) is 36.1 Å². The lowest BCUT2D eigenvalue weighted by Crippen LogP contribution is -2.34. The Morgan fingerprint density at radius 3 is 2.79 bits per heavy atom. The minimum absolute atomic E-state index is 0.0818. The third-order valence-electron chi connectivity index (χ3n) is 3.60. The number of amides is 1. The van der Waals surface area contributed by atoms with Gasteiger partial charge >= 0.3 is 0 Å². The topological polar surface area (TPSA) is 49.8 Å². The van der Waals surface area contributed by atoms with E-state index >= 15 is 0 Å². The van der Waals surface area contributed by atoms with Crippen molar-refractivity contribution >= 4 is 5.91 Å². The normalized spacial score (nSPS) is 20.7. The summed E-state index contributed by atoms with van der Waals surface area (Å²) in [4.78, 5) is 13.9. The first kappa shape index (κ1) is 13.7. The van der Waals surface area contributed by atoms with E-state index in [0.29, 0.717) is 18.6 Å². The van der Waals surface area contributed by atoms with Crippen LogP contribution in [0.3, 0.4) is 0 Å². The molecule has 1 saturated heterocycles. The van der Waals surface area contributed by atoms with E-state index in [0.717, 1.165) is 31.5 Å². The van der Waals surface area contributed by atoms with Gasteiger partial charge in [0.25, 0.3) is 0 Å². The number of aliphatic hydroxyl groups excluding tert-OH is 1. The fraction of sp³-hybridized carbons (Fsp3) is 0.533. The summed E-state index contributed by atoms with van der Waals surface area (Å²) in [5.74, 6) is 0.952. The molecule has 0 aromatic rings. The molecule has 4 nitrogen and oxygen atoms in total. The highest BCUT2D eigenvalue weighted by molar-refractivity contribution is 5.88. The number of hydrogen-bond acceptors (Lipinski definition) is 3. The number of allylic oxidation sites excluding steroid dienone is 3. The summed E-state index contributed by atoms with van der Waals surface area (Å²) < 4.78 is 5.12. The quantitative estimate of drug-likeness (QED) is 0.796. The molecule has 2 rings (SSSR count). The average Bonchev–Trinajstić information content (AvgIpc) is 2.47. The van der Waals surface area contributed by atoms with Gasteiger partial charge in [-0.3, -0.25) is 4.79 Å². The minimum Gasteiger partial charge on any atom is -0.508 e. The van der Waals surface area contributed by atoms with Crippen molar-refractivity contribution in [3.8, 4) is 0 Å². The van der Waals surface area contributed by atoms with Gasteiger partial charge in [0.2, 0.25) is 5.91 Å². The summed E-state index contributed by atoms with van der Waals surface area (Å²) in [6.45, 7) is 1.73. The molecular weight excluding hydrogens is 242 g/mol. The van der Waals surface area contributed by atoms with Gasteiger partial charge in [-0.05, 0) is 24.8 Å². The van der Waals surface area contributed by atoms with Gasteiger partial charge in [-0.1, -0.05) is 12.2 Å². The predicted molar refractivity (Wildman–Crippen MR) is 73.6 cm³/mol. The molecule has 0 aromatic heterocycles. The summed E-state index contributed by atoms with van der Waals surface area (Å²) in [6.07, 6.45) is 9.85. The zero-order chi connectivity index (χ0) is 13.7. The van der Waals surface area contributed by atoms with E-state index in [4.69, 9.17) is 4.74 Å². The first-order valence-corrected chi connectivity index (χ1v) is 6.81. The molecule has 0 spiro atoms. The molecule has 104 valence electrons. The van der Waals surface area contributed by atoms with Crippen molar-refractivity contribution < 1.29 is 14.6 Å². The Morgan fingerprint density at radius 2 is 2.11 bits per heavy atom. The lowest BCUT2D eigenvalue weighted by atomic mass is 10.0. The second-order valence-electron chi connectivity index (χ2n) is 4.95. The smallest absolute Gasteiger partial charge is 0.246 e. The second kappa shape index (κ2) is 6.45. The molecule has 1 fully saturated rings. The number of ether oxygens (including phenoxy) is 1. The third kappa shape index (κ3) is 3.63.